The van der Waals surface area contributed by atoms with Crippen LogP contribution in [0, 0.1) is 0 Å². The number of nitrogens with zero attached hydrogens (tertiary/aromatic N) is 4. The minimum absolute atomic E-state index is 0.193. The number of hydrogen-bond donors (Lipinski definition) is 2. The molecule has 0 radical (unpaired) electrons. The van der Waals surface area contributed by atoms with Crippen molar-refractivity contribution in [2.75, 3.05) is 5.32 Å². The third-order valence-corrected chi connectivity index (χ3v) is 5.82. The SMILES string of the molecule is CCC1(c2ccc(NC(=O)Cn3cnc4c(cnn4C)c3=O)cc2)CCC(=O)NC1=O. The number of anilines is 1. The number of piperidine rings is 1. The minimum Gasteiger partial charge on any atom is -0.325 e. The monoisotopic (exact) mass is 422 g/mol. The second-order valence-corrected chi connectivity index (χ2v) is 7.62. The van der Waals surface area contributed by atoms with Crippen LogP contribution in [0.25, 0.3) is 11.0 Å². The van der Waals surface area contributed by atoms with Crippen molar-refractivity contribution in [1.82, 2.24) is 24.6 Å². The highest BCUT2D eigenvalue weighted by Crippen LogP contribution is 2.36. The van der Waals surface area contributed by atoms with Crippen LogP contribution in [-0.4, -0.2) is 37.1 Å². The molecule has 1 saturated heterocycles. The summed E-state index contributed by atoms with van der Waals surface area (Å²) in [6.07, 6.45) is 4.05. The zero-order valence-corrected chi connectivity index (χ0v) is 17.2. The summed E-state index contributed by atoms with van der Waals surface area (Å²) < 4.78 is 2.72. The zero-order chi connectivity index (χ0) is 22.2. The number of fused-ring (bicyclic) bond motifs is 1. The van der Waals surface area contributed by atoms with E-state index in [0.29, 0.717) is 36.0 Å². The quantitative estimate of drug-likeness (QED) is 0.587. The Labute approximate surface area is 177 Å². The van der Waals surface area contributed by atoms with Crippen LogP contribution in [0.4, 0.5) is 5.69 Å². The molecule has 0 spiro atoms. The predicted molar refractivity (Wildman–Crippen MR) is 112 cm³/mol. The molecule has 0 saturated carbocycles. The van der Waals surface area contributed by atoms with E-state index in [2.05, 4.69) is 20.7 Å². The summed E-state index contributed by atoms with van der Waals surface area (Å²) in [7, 11) is 1.69. The van der Waals surface area contributed by atoms with Gasteiger partial charge < -0.3 is 5.32 Å². The summed E-state index contributed by atoms with van der Waals surface area (Å²) in [5.41, 5.74) is 0.687. The van der Waals surface area contributed by atoms with Gasteiger partial charge in [0.2, 0.25) is 17.7 Å². The summed E-state index contributed by atoms with van der Waals surface area (Å²) in [6.45, 7) is 1.72. The van der Waals surface area contributed by atoms with E-state index in [1.165, 1.54) is 21.8 Å². The Morgan fingerprint density at radius 2 is 1.97 bits per heavy atom. The number of aryl methyl sites for hydroxylation is 1. The van der Waals surface area contributed by atoms with E-state index in [0.717, 1.165) is 5.56 Å². The number of imide groups is 1. The van der Waals surface area contributed by atoms with Gasteiger partial charge in [0.25, 0.3) is 5.56 Å². The lowest BCUT2D eigenvalue weighted by Crippen LogP contribution is -2.51. The molecule has 3 amide bonds. The van der Waals surface area contributed by atoms with Crippen LogP contribution in [0.1, 0.15) is 31.7 Å². The molecule has 0 aliphatic carbocycles. The van der Waals surface area contributed by atoms with Gasteiger partial charge in [0.05, 0.1) is 11.6 Å². The second-order valence-electron chi connectivity index (χ2n) is 7.62. The van der Waals surface area contributed by atoms with Crippen molar-refractivity contribution in [3.05, 3.63) is 52.7 Å². The van der Waals surface area contributed by atoms with Gasteiger partial charge in [-0.15, -0.1) is 0 Å². The van der Waals surface area contributed by atoms with E-state index in [-0.39, 0.29) is 29.8 Å². The van der Waals surface area contributed by atoms with Crippen LogP contribution in [0.15, 0.2) is 41.6 Å². The summed E-state index contributed by atoms with van der Waals surface area (Å²) in [4.78, 5) is 53.1. The third kappa shape index (κ3) is 3.60. The standard InChI is InChI=1S/C21H22N6O4/c1-3-21(9-8-16(28)25-20(21)31)13-4-6-14(7-5-13)24-17(29)11-27-12-22-18-15(19(27)30)10-23-26(18)2/h4-7,10,12H,3,8-9,11H2,1-2H3,(H,24,29)(H,25,28,31). The molecular weight excluding hydrogens is 400 g/mol. The number of benzene rings is 1. The van der Waals surface area contributed by atoms with Gasteiger partial charge in [-0.1, -0.05) is 19.1 Å². The first-order chi connectivity index (χ1) is 14.8. The van der Waals surface area contributed by atoms with Gasteiger partial charge in [-0.3, -0.25) is 33.7 Å². The minimum atomic E-state index is -0.755. The van der Waals surface area contributed by atoms with Gasteiger partial charge in [0.15, 0.2) is 5.65 Å². The average Bonchev–Trinajstić information content (AvgIpc) is 3.13. The number of carbonyl (C=O) groups excluding carboxylic acids is 3. The largest absolute Gasteiger partial charge is 0.325 e. The van der Waals surface area contributed by atoms with Crippen molar-refractivity contribution in [2.24, 2.45) is 7.05 Å². The van der Waals surface area contributed by atoms with Crippen LogP contribution in [0.5, 0.6) is 0 Å². The first-order valence-electron chi connectivity index (χ1n) is 9.96. The molecular formula is C21H22N6O4. The molecule has 160 valence electrons. The van der Waals surface area contributed by atoms with Crippen LogP contribution in [-0.2, 0) is 33.4 Å². The maximum absolute atomic E-state index is 12.5. The molecule has 0 bridgehead atoms. The molecule has 3 heterocycles. The summed E-state index contributed by atoms with van der Waals surface area (Å²) >= 11 is 0. The molecule has 1 aliphatic heterocycles. The van der Waals surface area contributed by atoms with Crippen LogP contribution in [0.3, 0.4) is 0 Å². The van der Waals surface area contributed by atoms with E-state index in [4.69, 9.17) is 0 Å². The molecule has 1 aliphatic rings. The molecule has 10 heteroatoms. The number of amides is 3. The zero-order valence-electron chi connectivity index (χ0n) is 17.2. The van der Waals surface area contributed by atoms with Crippen LogP contribution >= 0.6 is 0 Å². The number of nitrogens with one attached hydrogen (secondary N) is 2. The Kier molecular flexibility index (Phi) is 5.14. The fourth-order valence-corrected chi connectivity index (χ4v) is 3.97. The molecule has 31 heavy (non-hydrogen) atoms. The third-order valence-electron chi connectivity index (χ3n) is 5.82. The molecule has 1 fully saturated rings. The van der Waals surface area contributed by atoms with E-state index < -0.39 is 5.41 Å². The number of rotatable bonds is 5. The molecule has 3 aromatic rings. The summed E-state index contributed by atoms with van der Waals surface area (Å²) in [5, 5.41) is 9.52. The van der Waals surface area contributed by atoms with Gasteiger partial charge >= 0.3 is 0 Å². The number of carbonyl (C=O) groups is 3. The highest BCUT2D eigenvalue weighted by molar-refractivity contribution is 6.03. The lowest BCUT2D eigenvalue weighted by Gasteiger charge is -2.35. The molecule has 1 aromatic carbocycles. The topological polar surface area (TPSA) is 128 Å². The number of aromatic nitrogens is 4. The first kappa shape index (κ1) is 20.5. The molecule has 10 nitrogen and oxygen atoms in total. The van der Waals surface area contributed by atoms with E-state index in [9.17, 15) is 19.2 Å². The Bertz CT molecular complexity index is 1240. The molecule has 2 aromatic heterocycles. The predicted octanol–water partition coefficient (Wildman–Crippen LogP) is 0.853. The lowest BCUT2D eigenvalue weighted by molar-refractivity contribution is -0.138. The van der Waals surface area contributed by atoms with Gasteiger partial charge in [0.1, 0.15) is 18.3 Å². The van der Waals surface area contributed by atoms with Crippen LogP contribution < -0.4 is 16.2 Å². The van der Waals surface area contributed by atoms with E-state index >= 15 is 0 Å². The van der Waals surface area contributed by atoms with Crippen LogP contribution in [0.2, 0.25) is 0 Å². The summed E-state index contributed by atoms with van der Waals surface area (Å²) in [6, 6.07) is 6.98. The van der Waals surface area contributed by atoms with Crippen molar-refractivity contribution >= 4 is 34.4 Å². The second kappa shape index (κ2) is 7.78. The Morgan fingerprint density at radius 3 is 2.65 bits per heavy atom. The Morgan fingerprint density at radius 1 is 1.23 bits per heavy atom. The van der Waals surface area contributed by atoms with Gasteiger partial charge in [-0.05, 0) is 30.5 Å². The van der Waals surface area contributed by atoms with Crippen molar-refractivity contribution in [3.8, 4) is 0 Å². The van der Waals surface area contributed by atoms with E-state index in [1.54, 1.807) is 31.3 Å². The van der Waals surface area contributed by atoms with Crippen molar-refractivity contribution < 1.29 is 14.4 Å². The van der Waals surface area contributed by atoms with Gasteiger partial charge in [-0.25, -0.2) is 4.98 Å². The van der Waals surface area contributed by atoms with Gasteiger partial charge in [-0.2, -0.15) is 5.10 Å². The van der Waals surface area contributed by atoms with Crippen molar-refractivity contribution in [3.63, 3.8) is 0 Å². The van der Waals surface area contributed by atoms with Crippen molar-refractivity contribution in [1.29, 1.82) is 0 Å². The maximum atomic E-state index is 12.5. The molecule has 4 rings (SSSR count). The molecule has 1 atom stereocenters. The smallest absolute Gasteiger partial charge is 0.264 e. The van der Waals surface area contributed by atoms with Crippen molar-refractivity contribution in [2.45, 2.75) is 38.1 Å². The fraction of sp³-hybridized carbons (Fsp3) is 0.333. The maximum Gasteiger partial charge on any atom is 0.264 e. The normalized spacial score (nSPS) is 18.8. The van der Waals surface area contributed by atoms with Gasteiger partial charge in [0, 0.05) is 19.2 Å². The first-order valence-corrected chi connectivity index (χ1v) is 9.96. The Balaban J connectivity index is 1.48. The Hall–Kier alpha value is -3.82. The number of hydrogen-bond acceptors (Lipinski definition) is 6. The average molecular weight is 422 g/mol. The lowest BCUT2D eigenvalue weighted by atomic mass is 9.72. The highest BCUT2D eigenvalue weighted by atomic mass is 16.2. The summed E-state index contributed by atoms with van der Waals surface area (Å²) in [5.74, 6) is -0.932. The molecule has 2 N–H and O–H groups in total. The van der Waals surface area contributed by atoms with E-state index in [1.807, 2.05) is 6.92 Å². The fourth-order valence-electron chi connectivity index (χ4n) is 3.97. The molecule has 1 unspecified atom stereocenters. The highest BCUT2D eigenvalue weighted by Gasteiger charge is 2.42.